The van der Waals surface area contributed by atoms with E-state index >= 15 is 0 Å². The lowest BCUT2D eigenvalue weighted by Crippen LogP contribution is -2.51. The van der Waals surface area contributed by atoms with Crippen molar-refractivity contribution < 1.29 is 13.5 Å². The molecule has 0 radical (unpaired) electrons. The van der Waals surface area contributed by atoms with E-state index in [0.29, 0.717) is 28.9 Å². The molecule has 5 nitrogen and oxygen atoms in total. The normalized spacial score (nSPS) is 25.6. The second-order valence-corrected chi connectivity index (χ2v) is 8.04. The van der Waals surface area contributed by atoms with Gasteiger partial charge in [0, 0.05) is 35.9 Å². The maximum atomic E-state index is 12.5. The van der Waals surface area contributed by atoms with Gasteiger partial charge in [0.05, 0.1) is 11.5 Å². The highest BCUT2D eigenvalue weighted by Crippen LogP contribution is 2.27. The van der Waals surface area contributed by atoms with E-state index in [0.717, 1.165) is 19.5 Å². The lowest BCUT2D eigenvalue weighted by atomic mass is 10.2. The molecule has 1 aromatic heterocycles. The average Bonchev–Trinajstić information content (AvgIpc) is 3.06. The van der Waals surface area contributed by atoms with Crippen molar-refractivity contribution in [2.24, 2.45) is 0 Å². The van der Waals surface area contributed by atoms with Gasteiger partial charge in [0.1, 0.15) is 0 Å². The first-order valence-corrected chi connectivity index (χ1v) is 8.85. The Morgan fingerprint density at radius 2 is 2.21 bits per heavy atom. The summed E-state index contributed by atoms with van der Waals surface area (Å²) in [5.74, 6) is 0. The first-order valence-electron chi connectivity index (χ1n) is 6.54. The number of rotatable bonds is 3. The zero-order chi connectivity index (χ0) is 13.5. The van der Waals surface area contributed by atoms with Gasteiger partial charge in [0.25, 0.3) is 0 Å². The Morgan fingerprint density at radius 3 is 2.95 bits per heavy atom. The van der Waals surface area contributed by atoms with E-state index in [1.54, 1.807) is 15.8 Å². The third kappa shape index (κ3) is 2.45. The molecule has 1 atom stereocenters. The van der Waals surface area contributed by atoms with E-state index in [-0.39, 0.29) is 6.61 Å². The van der Waals surface area contributed by atoms with Gasteiger partial charge in [-0.3, -0.25) is 4.90 Å². The summed E-state index contributed by atoms with van der Waals surface area (Å²) < 4.78 is 26.7. The predicted octanol–water partition coefficient (Wildman–Crippen LogP) is 0.709. The Bertz CT molecular complexity index is 555. The second-order valence-electron chi connectivity index (χ2n) is 5.10. The molecule has 1 unspecified atom stereocenters. The molecular formula is C12H18N2O3S2. The van der Waals surface area contributed by atoms with Crippen LogP contribution in [0.2, 0.25) is 0 Å². The Balaban J connectivity index is 1.80. The SMILES string of the molecule is O=S(=O)(c1csc(CO)c1)N1CCN2CCCC2C1. The third-order valence-corrected chi connectivity index (χ3v) is 6.89. The molecule has 3 heterocycles. The molecule has 0 amide bonds. The monoisotopic (exact) mass is 302 g/mol. The second kappa shape index (κ2) is 5.14. The molecule has 2 aliphatic rings. The molecule has 3 rings (SSSR count). The summed E-state index contributed by atoms with van der Waals surface area (Å²) >= 11 is 1.29. The van der Waals surface area contributed by atoms with Crippen molar-refractivity contribution in [2.45, 2.75) is 30.4 Å². The van der Waals surface area contributed by atoms with Crippen LogP contribution in [0.3, 0.4) is 0 Å². The standard InChI is InChI=1S/C12H18N2O3S2/c15-8-11-6-12(9-18-11)19(16,17)14-5-4-13-3-1-2-10(13)7-14/h6,9-10,15H,1-5,7-8H2. The van der Waals surface area contributed by atoms with Crippen molar-refractivity contribution in [3.63, 3.8) is 0 Å². The highest BCUT2D eigenvalue weighted by Gasteiger charge is 2.36. The predicted molar refractivity (Wildman–Crippen MR) is 73.6 cm³/mol. The largest absolute Gasteiger partial charge is 0.391 e. The zero-order valence-electron chi connectivity index (χ0n) is 10.7. The molecule has 2 aliphatic heterocycles. The number of fused-ring (bicyclic) bond motifs is 1. The van der Waals surface area contributed by atoms with E-state index in [2.05, 4.69) is 4.90 Å². The maximum Gasteiger partial charge on any atom is 0.244 e. The number of sulfonamides is 1. The molecule has 19 heavy (non-hydrogen) atoms. The van der Waals surface area contributed by atoms with E-state index < -0.39 is 10.0 Å². The first-order chi connectivity index (χ1) is 9.11. The average molecular weight is 302 g/mol. The Labute approximate surface area is 117 Å². The number of thiophene rings is 1. The molecule has 2 fully saturated rings. The lowest BCUT2D eigenvalue weighted by Gasteiger charge is -2.36. The minimum absolute atomic E-state index is 0.101. The highest BCUT2D eigenvalue weighted by atomic mass is 32.2. The van der Waals surface area contributed by atoms with Gasteiger partial charge < -0.3 is 5.11 Å². The van der Waals surface area contributed by atoms with Crippen molar-refractivity contribution in [1.29, 1.82) is 0 Å². The molecule has 7 heteroatoms. The van der Waals surface area contributed by atoms with Crippen LogP contribution in [0.25, 0.3) is 0 Å². The van der Waals surface area contributed by atoms with Crippen molar-refractivity contribution in [3.05, 3.63) is 16.3 Å². The van der Waals surface area contributed by atoms with Crippen LogP contribution in [-0.2, 0) is 16.6 Å². The minimum Gasteiger partial charge on any atom is -0.391 e. The molecule has 106 valence electrons. The Hall–Kier alpha value is -0.470. The quantitative estimate of drug-likeness (QED) is 0.893. The lowest BCUT2D eigenvalue weighted by molar-refractivity contribution is 0.158. The minimum atomic E-state index is -3.38. The summed E-state index contributed by atoms with van der Waals surface area (Å²) in [6, 6.07) is 1.97. The summed E-state index contributed by atoms with van der Waals surface area (Å²) in [7, 11) is -3.38. The van der Waals surface area contributed by atoms with Gasteiger partial charge in [-0.15, -0.1) is 11.3 Å². The number of hydrogen-bond acceptors (Lipinski definition) is 5. The topological polar surface area (TPSA) is 60.9 Å². The molecule has 0 aromatic carbocycles. The molecule has 1 aromatic rings. The van der Waals surface area contributed by atoms with E-state index in [4.69, 9.17) is 5.11 Å². The summed E-state index contributed by atoms with van der Waals surface area (Å²) in [6.07, 6.45) is 2.27. The first kappa shape index (κ1) is 13.5. The Kier molecular flexibility index (Phi) is 3.65. The summed E-state index contributed by atoms with van der Waals surface area (Å²) in [5.41, 5.74) is 0. The number of hydrogen-bond donors (Lipinski definition) is 1. The van der Waals surface area contributed by atoms with Crippen molar-refractivity contribution in [1.82, 2.24) is 9.21 Å². The summed E-state index contributed by atoms with van der Waals surface area (Å²) in [6.45, 7) is 3.01. The van der Waals surface area contributed by atoms with E-state index in [1.807, 2.05) is 0 Å². The third-order valence-electron chi connectivity index (χ3n) is 3.97. The van der Waals surface area contributed by atoms with Crippen LogP contribution in [0.5, 0.6) is 0 Å². The number of piperazine rings is 1. The smallest absolute Gasteiger partial charge is 0.244 e. The van der Waals surface area contributed by atoms with Crippen LogP contribution in [0.15, 0.2) is 16.3 Å². The fourth-order valence-corrected chi connectivity index (χ4v) is 5.50. The van der Waals surface area contributed by atoms with Crippen molar-refractivity contribution in [3.8, 4) is 0 Å². The van der Waals surface area contributed by atoms with Crippen LogP contribution in [0, 0.1) is 0 Å². The van der Waals surface area contributed by atoms with Crippen molar-refractivity contribution in [2.75, 3.05) is 26.2 Å². The summed E-state index contributed by atoms with van der Waals surface area (Å²) in [4.78, 5) is 3.41. The van der Waals surface area contributed by atoms with Gasteiger partial charge in [-0.25, -0.2) is 8.42 Å². The molecule has 1 N–H and O–H groups in total. The van der Waals surface area contributed by atoms with Gasteiger partial charge in [-0.05, 0) is 25.5 Å². The Morgan fingerprint density at radius 1 is 1.37 bits per heavy atom. The van der Waals surface area contributed by atoms with Crippen LogP contribution in [0.4, 0.5) is 0 Å². The van der Waals surface area contributed by atoms with E-state index in [9.17, 15) is 8.42 Å². The number of nitrogens with zero attached hydrogens (tertiary/aromatic N) is 2. The van der Waals surface area contributed by atoms with Crippen LogP contribution < -0.4 is 0 Å². The van der Waals surface area contributed by atoms with E-state index in [1.165, 1.54) is 17.8 Å². The van der Waals surface area contributed by atoms with Gasteiger partial charge in [-0.1, -0.05) is 0 Å². The number of aliphatic hydroxyl groups excluding tert-OH is 1. The fourth-order valence-electron chi connectivity index (χ4n) is 2.91. The van der Waals surface area contributed by atoms with Crippen LogP contribution in [-0.4, -0.2) is 55.0 Å². The fraction of sp³-hybridized carbons (Fsp3) is 0.667. The van der Waals surface area contributed by atoms with Crippen LogP contribution >= 0.6 is 11.3 Å². The highest BCUT2D eigenvalue weighted by molar-refractivity contribution is 7.89. The number of aliphatic hydroxyl groups is 1. The molecule has 0 bridgehead atoms. The molecule has 0 aliphatic carbocycles. The summed E-state index contributed by atoms with van der Waals surface area (Å²) in [5, 5.41) is 10.7. The maximum absolute atomic E-state index is 12.5. The molecule has 0 spiro atoms. The van der Waals surface area contributed by atoms with Gasteiger partial charge in [0.15, 0.2) is 0 Å². The van der Waals surface area contributed by atoms with Gasteiger partial charge in [-0.2, -0.15) is 4.31 Å². The molecule has 2 saturated heterocycles. The van der Waals surface area contributed by atoms with Gasteiger partial charge in [0.2, 0.25) is 10.0 Å². The molecular weight excluding hydrogens is 284 g/mol. The van der Waals surface area contributed by atoms with Gasteiger partial charge >= 0.3 is 0 Å². The molecule has 0 saturated carbocycles. The zero-order valence-corrected chi connectivity index (χ0v) is 12.3. The van der Waals surface area contributed by atoms with Crippen LogP contribution in [0.1, 0.15) is 17.7 Å². The van der Waals surface area contributed by atoms with Crippen molar-refractivity contribution >= 4 is 21.4 Å².